The van der Waals surface area contributed by atoms with Gasteiger partial charge in [0.15, 0.2) is 0 Å². The van der Waals surface area contributed by atoms with Crippen LogP contribution in [-0.2, 0) is 4.74 Å². The molecule has 0 atom stereocenters. The first-order valence-electron chi connectivity index (χ1n) is 9.83. The van der Waals surface area contributed by atoms with Crippen LogP contribution < -0.4 is 10.6 Å². The van der Waals surface area contributed by atoms with E-state index in [1.807, 2.05) is 0 Å². The third kappa shape index (κ3) is 4.33. The number of urea groups is 1. The minimum atomic E-state index is -0.392. The number of piperidine rings is 1. The van der Waals surface area contributed by atoms with Crippen LogP contribution in [0, 0.1) is 0 Å². The van der Waals surface area contributed by atoms with Gasteiger partial charge in [0, 0.05) is 30.9 Å². The third-order valence-corrected chi connectivity index (χ3v) is 5.05. The van der Waals surface area contributed by atoms with Crippen LogP contribution in [-0.4, -0.2) is 65.5 Å². The van der Waals surface area contributed by atoms with E-state index in [1.165, 1.54) is 11.0 Å². The minimum absolute atomic E-state index is 0.0604. The molecule has 0 unspecified atom stereocenters. The number of hydrogen-bond donors (Lipinski definition) is 2. The van der Waals surface area contributed by atoms with E-state index in [2.05, 4.69) is 10.6 Å². The van der Waals surface area contributed by atoms with Crippen molar-refractivity contribution in [2.75, 3.05) is 25.0 Å². The smallest absolute Gasteiger partial charge is 0.409 e. The van der Waals surface area contributed by atoms with Gasteiger partial charge in [-0.3, -0.25) is 14.5 Å². The van der Waals surface area contributed by atoms with Gasteiger partial charge in [0.2, 0.25) is 0 Å². The van der Waals surface area contributed by atoms with E-state index < -0.39 is 6.03 Å². The lowest BCUT2D eigenvalue weighted by Gasteiger charge is -2.31. The average molecular weight is 402 g/mol. The summed E-state index contributed by atoms with van der Waals surface area (Å²) in [5.41, 5.74) is 1.09. The van der Waals surface area contributed by atoms with E-state index in [4.69, 9.17) is 4.74 Å². The summed E-state index contributed by atoms with van der Waals surface area (Å²) in [6, 6.07) is 4.01. The molecule has 0 saturated carbocycles. The van der Waals surface area contributed by atoms with Gasteiger partial charge in [-0.15, -0.1) is 0 Å². The highest BCUT2D eigenvalue weighted by Crippen LogP contribution is 2.27. The highest BCUT2D eigenvalue weighted by Gasteiger charge is 2.37. The zero-order chi connectivity index (χ0) is 21.1. The first-order chi connectivity index (χ1) is 13.8. The van der Waals surface area contributed by atoms with Crippen molar-refractivity contribution in [3.63, 3.8) is 0 Å². The van der Waals surface area contributed by atoms with Gasteiger partial charge in [-0.05, 0) is 51.8 Å². The molecule has 1 saturated heterocycles. The molecular formula is C20H26N4O5. The van der Waals surface area contributed by atoms with Crippen molar-refractivity contribution < 1.29 is 23.9 Å². The van der Waals surface area contributed by atoms with E-state index in [1.54, 1.807) is 37.8 Å². The van der Waals surface area contributed by atoms with Gasteiger partial charge in [0.25, 0.3) is 11.8 Å². The standard InChI is InChI=1S/C20H26N4O5/c1-4-29-20(28)23-9-7-13(8-10-23)21-19(27)22-14-5-6-15-16(11-14)18(26)24(12(2)3)17(15)25/h5-6,11-13H,4,7-10H2,1-3H3,(H2,21,22,27). The highest BCUT2D eigenvalue weighted by molar-refractivity contribution is 6.22. The van der Waals surface area contributed by atoms with Crippen LogP contribution >= 0.6 is 0 Å². The SMILES string of the molecule is CCOC(=O)N1CCC(NC(=O)Nc2ccc3c(c2)C(=O)N(C(C)C)C3=O)CC1. The number of anilines is 1. The van der Waals surface area contributed by atoms with Crippen LogP contribution in [0.15, 0.2) is 18.2 Å². The van der Waals surface area contributed by atoms with E-state index in [-0.39, 0.29) is 30.0 Å². The van der Waals surface area contributed by atoms with Crippen molar-refractivity contribution in [1.29, 1.82) is 0 Å². The molecule has 2 aliphatic heterocycles. The van der Waals surface area contributed by atoms with Gasteiger partial charge in [-0.1, -0.05) is 0 Å². The molecule has 0 radical (unpaired) electrons. The molecule has 0 aromatic heterocycles. The van der Waals surface area contributed by atoms with Gasteiger partial charge in [0.05, 0.1) is 17.7 Å². The van der Waals surface area contributed by atoms with Crippen LogP contribution in [0.1, 0.15) is 54.3 Å². The van der Waals surface area contributed by atoms with Crippen LogP contribution in [0.3, 0.4) is 0 Å². The molecule has 5 amide bonds. The Morgan fingerprint density at radius 2 is 1.79 bits per heavy atom. The summed E-state index contributed by atoms with van der Waals surface area (Å²) >= 11 is 0. The number of hydrogen-bond acceptors (Lipinski definition) is 5. The second kappa shape index (κ2) is 8.50. The number of imide groups is 1. The zero-order valence-corrected chi connectivity index (χ0v) is 16.9. The number of ether oxygens (including phenoxy) is 1. The number of nitrogens with zero attached hydrogens (tertiary/aromatic N) is 2. The first kappa shape index (κ1) is 20.6. The lowest BCUT2D eigenvalue weighted by molar-refractivity contribution is 0.0608. The molecule has 3 rings (SSSR count). The summed E-state index contributed by atoms with van der Waals surface area (Å²) < 4.78 is 4.98. The predicted molar refractivity (Wildman–Crippen MR) is 106 cm³/mol. The Bertz CT molecular complexity index is 830. The number of fused-ring (bicyclic) bond motifs is 1. The topological polar surface area (TPSA) is 108 Å². The van der Waals surface area contributed by atoms with Crippen molar-refractivity contribution in [2.45, 2.75) is 45.7 Å². The fourth-order valence-corrected chi connectivity index (χ4v) is 3.58. The molecule has 29 heavy (non-hydrogen) atoms. The summed E-state index contributed by atoms with van der Waals surface area (Å²) in [5, 5.41) is 5.60. The number of carbonyl (C=O) groups excluding carboxylic acids is 4. The summed E-state index contributed by atoms with van der Waals surface area (Å²) in [4.78, 5) is 51.7. The molecule has 0 aliphatic carbocycles. The monoisotopic (exact) mass is 402 g/mol. The lowest BCUT2D eigenvalue weighted by atomic mass is 10.1. The fourth-order valence-electron chi connectivity index (χ4n) is 3.58. The van der Waals surface area contributed by atoms with Crippen molar-refractivity contribution in [3.05, 3.63) is 29.3 Å². The third-order valence-electron chi connectivity index (χ3n) is 5.05. The molecule has 1 aromatic rings. The molecule has 156 valence electrons. The quantitative estimate of drug-likeness (QED) is 0.752. The maximum atomic E-state index is 12.5. The Kier molecular flexibility index (Phi) is 6.05. The molecule has 9 heteroatoms. The molecule has 2 aliphatic rings. The maximum Gasteiger partial charge on any atom is 0.409 e. The maximum absolute atomic E-state index is 12.5. The van der Waals surface area contributed by atoms with Crippen LogP contribution in [0.2, 0.25) is 0 Å². The van der Waals surface area contributed by atoms with Crippen molar-refractivity contribution in [3.8, 4) is 0 Å². The molecule has 2 N–H and O–H groups in total. The second-order valence-corrected chi connectivity index (χ2v) is 7.39. The fraction of sp³-hybridized carbons (Fsp3) is 0.500. The molecule has 0 bridgehead atoms. The summed E-state index contributed by atoms with van der Waals surface area (Å²) in [7, 11) is 0. The first-order valence-corrected chi connectivity index (χ1v) is 9.83. The molecule has 0 spiro atoms. The molecule has 9 nitrogen and oxygen atoms in total. The Morgan fingerprint density at radius 3 is 2.41 bits per heavy atom. The Labute approximate surface area is 169 Å². The Balaban J connectivity index is 1.56. The van der Waals surface area contributed by atoms with Crippen LogP contribution in [0.5, 0.6) is 0 Å². The number of nitrogens with one attached hydrogen (secondary N) is 2. The van der Waals surface area contributed by atoms with Gasteiger partial charge < -0.3 is 20.3 Å². The van der Waals surface area contributed by atoms with Crippen molar-refractivity contribution in [2.24, 2.45) is 0 Å². The number of carbonyl (C=O) groups is 4. The van der Waals surface area contributed by atoms with Gasteiger partial charge in [-0.25, -0.2) is 9.59 Å². The summed E-state index contributed by atoms with van der Waals surface area (Å²) in [6.07, 6.45) is 0.933. The van der Waals surface area contributed by atoms with Crippen molar-refractivity contribution >= 4 is 29.6 Å². The minimum Gasteiger partial charge on any atom is -0.450 e. The lowest BCUT2D eigenvalue weighted by Crippen LogP contribution is -2.47. The highest BCUT2D eigenvalue weighted by atomic mass is 16.6. The van der Waals surface area contributed by atoms with E-state index in [9.17, 15) is 19.2 Å². The largest absolute Gasteiger partial charge is 0.450 e. The van der Waals surface area contributed by atoms with E-state index in [0.717, 1.165) is 0 Å². The van der Waals surface area contributed by atoms with Crippen LogP contribution in [0.25, 0.3) is 0 Å². The number of rotatable bonds is 4. The number of amides is 5. The number of likely N-dealkylation sites (tertiary alicyclic amines) is 1. The summed E-state index contributed by atoms with van der Waals surface area (Å²) in [5.74, 6) is -0.667. The molecule has 2 heterocycles. The molecule has 1 aromatic carbocycles. The Hall–Kier alpha value is -3.10. The van der Waals surface area contributed by atoms with E-state index >= 15 is 0 Å². The van der Waals surface area contributed by atoms with Gasteiger partial charge in [0.1, 0.15) is 0 Å². The number of benzene rings is 1. The second-order valence-electron chi connectivity index (χ2n) is 7.39. The summed E-state index contributed by atoms with van der Waals surface area (Å²) in [6.45, 7) is 6.69. The van der Waals surface area contributed by atoms with Gasteiger partial charge >= 0.3 is 12.1 Å². The van der Waals surface area contributed by atoms with Crippen molar-refractivity contribution in [1.82, 2.24) is 15.1 Å². The molecular weight excluding hydrogens is 376 g/mol. The normalized spacial score (nSPS) is 16.8. The average Bonchev–Trinajstić information content (AvgIpc) is 2.92. The Morgan fingerprint density at radius 1 is 1.14 bits per heavy atom. The predicted octanol–water partition coefficient (Wildman–Crippen LogP) is 2.43. The van der Waals surface area contributed by atoms with E-state index in [0.29, 0.717) is 49.4 Å². The molecule has 1 fully saturated rings. The van der Waals surface area contributed by atoms with Crippen LogP contribution in [0.4, 0.5) is 15.3 Å². The zero-order valence-electron chi connectivity index (χ0n) is 16.9. The van der Waals surface area contributed by atoms with Gasteiger partial charge in [-0.2, -0.15) is 0 Å².